The lowest BCUT2D eigenvalue weighted by Gasteiger charge is -2.19. The number of aryl methyl sites for hydroxylation is 3. The summed E-state index contributed by atoms with van der Waals surface area (Å²) >= 11 is 0. The first-order chi connectivity index (χ1) is 10.1. The molecule has 1 aliphatic heterocycles. The molecule has 0 aliphatic carbocycles. The number of aromatic nitrogens is 3. The van der Waals surface area contributed by atoms with Gasteiger partial charge in [0.1, 0.15) is 17.8 Å². The Morgan fingerprint density at radius 1 is 1.14 bits per heavy atom. The van der Waals surface area contributed by atoms with E-state index in [0.717, 1.165) is 35.5 Å². The molecule has 2 aromatic heterocycles. The second-order valence-corrected chi connectivity index (χ2v) is 5.83. The number of rotatable bonds is 1. The lowest BCUT2D eigenvalue weighted by atomic mass is 10.1. The van der Waals surface area contributed by atoms with E-state index in [4.69, 9.17) is 0 Å². The van der Waals surface area contributed by atoms with E-state index < -0.39 is 0 Å². The van der Waals surface area contributed by atoms with Crippen molar-refractivity contribution in [3.63, 3.8) is 0 Å². The number of fused-ring (bicyclic) bond motifs is 2. The average molecular weight is 278 g/mol. The number of hydrogen-bond donors (Lipinski definition) is 1. The summed E-state index contributed by atoms with van der Waals surface area (Å²) in [6.07, 6.45) is 2.73. The van der Waals surface area contributed by atoms with Gasteiger partial charge in [-0.05, 0) is 49.9 Å². The Balaban J connectivity index is 1.95. The van der Waals surface area contributed by atoms with Gasteiger partial charge in [0.2, 0.25) is 0 Å². The van der Waals surface area contributed by atoms with Crippen molar-refractivity contribution in [1.82, 2.24) is 15.0 Å². The lowest BCUT2D eigenvalue weighted by molar-refractivity contribution is 0.974. The van der Waals surface area contributed by atoms with Crippen molar-refractivity contribution in [3.05, 3.63) is 46.9 Å². The topological polar surface area (TPSA) is 44.8 Å². The Morgan fingerprint density at radius 3 is 2.86 bits per heavy atom. The second kappa shape index (κ2) is 4.32. The van der Waals surface area contributed by atoms with Crippen LogP contribution in [0.25, 0.3) is 11.0 Å². The van der Waals surface area contributed by atoms with Gasteiger partial charge in [-0.15, -0.1) is 0 Å². The zero-order valence-corrected chi connectivity index (χ0v) is 12.6. The largest absolute Gasteiger partial charge is 0.343 e. The number of hydrogen-bond acceptors (Lipinski definition) is 3. The lowest BCUT2D eigenvalue weighted by Crippen LogP contribution is -2.15. The van der Waals surface area contributed by atoms with Crippen LogP contribution in [0.1, 0.15) is 22.4 Å². The van der Waals surface area contributed by atoms with E-state index >= 15 is 0 Å². The van der Waals surface area contributed by atoms with E-state index in [2.05, 4.69) is 58.8 Å². The fourth-order valence-corrected chi connectivity index (χ4v) is 3.19. The molecule has 0 atom stereocenters. The van der Waals surface area contributed by atoms with Crippen molar-refractivity contribution in [2.75, 3.05) is 11.4 Å². The molecule has 106 valence electrons. The third-order valence-electron chi connectivity index (χ3n) is 4.46. The fraction of sp³-hybridized carbons (Fsp3) is 0.294. The van der Waals surface area contributed by atoms with Gasteiger partial charge in [0.25, 0.3) is 0 Å². The molecule has 4 nitrogen and oxygen atoms in total. The Labute approximate surface area is 123 Å². The van der Waals surface area contributed by atoms with Crippen LogP contribution < -0.4 is 4.90 Å². The summed E-state index contributed by atoms with van der Waals surface area (Å²) in [5.41, 5.74) is 7.30. The second-order valence-electron chi connectivity index (χ2n) is 5.83. The predicted octanol–water partition coefficient (Wildman–Crippen LogP) is 3.58. The van der Waals surface area contributed by atoms with Gasteiger partial charge in [0.15, 0.2) is 0 Å². The van der Waals surface area contributed by atoms with E-state index in [1.807, 2.05) is 0 Å². The number of anilines is 2. The number of aromatic amines is 1. The molecule has 0 bridgehead atoms. The highest BCUT2D eigenvalue weighted by Crippen LogP contribution is 2.38. The maximum absolute atomic E-state index is 4.59. The SMILES string of the molecule is Cc1ccc2c(c1)N(c1ncnc3[nH]c(C)c(C)c13)CC2. The Hall–Kier alpha value is -2.36. The molecule has 0 spiro atoms. The van der Waals surface area contributed by atoms with Crippen molar-refractivity contribution >= 4 is 22.5 Å². The first-order valence-electron chi connectivity index (χ1n) is 7.32. The van der Waals surface area contributed by atoms with E-state index in [0.29, 0.717) is 0 Å². The average Bonchev–Trinajstić information content (AvgIpc) is 3.00. The molecule has 0 saturated heterocycles. The normalized spacial score (nSPS) is 14.0. The maximum atomic E-state index is 4.59. The fourth-order valence-electron chi connectivity index (χ4n) is 3.19. The zero-order valence-electron chi connectivity index (χ0n) is 12.6. The molecule has 0 unspecified atom stereocenters. The molecule has 1 aliphatic rings. The van der Waals surface area contributed by atoms with Crippen molar-refractivity contribution < 1.29 is 0 Å². The minimum absolute atomic E-state index is 0.927. The van der Waals surface area contributed by atoms with Gasteiger partial charge in [0, 0.05) is 17.9 Å². The van der Waals surface area contributed by atoms with Crippen LogP contribution in [0.5, 0.6) is 0 Å². The van der Waals surface area contributed by atoms with Crippen LogP contribution >= 0.6 is 0 Å². The zero-order chi connectivity index (χ0) is 14.6. The van der Waals surface area contributed by atoms with Gasteiger partial charge in [-0.3, -0.25) is 0 Å². The number of nitrogens with one attached hydrogen (secondary N) is 1. The Morgan fingerprint density at radius 2 is 2.00 bits per heavy atom. The summed E-state index contributed by atoms with van der Waals surface area (Å²) in [4.78, 5) is 14.6. The molecule has 0 amide bonds. The third-order valence-corrected chi connectivity index (χ3v) is 4.46. The molecule has 1 N–H and O–H groups in total. The van der Waals surface area contributed by atoms with Gasteiger partial charge in [-0.1, -0.05) is 12.1 Å². The molecular formula is C17H18N4. The van der Waals surface area contributed by atoms with Crippen LogP contribution in [0, 0.1) is 20.8 Å². The summed E-state index contributed by atoms with van der Waals surface area (Å²) in [5, 5.41) is 1.14. The smallest absolute Gasteiger partial charge is 0.146 e. The summed E-state index contributed by atoms with van der Waals surface area (Å²) in [5.74, 6) is 1.02. The molecule has 0 radical (unpaired) electrons. The summed E-state index contributed by atoms with van der Waals surface area (Å²) < 4.78 is 0. The van der Waals surface area contributed by atoms with Crippen molar-refractivity contribution in [2.45, 2.75) is 27.2 Å². The quantitative estimate of drug-likeness (QED) is 0.740. The minimum Gasteiger partial charge on any atom is -0.343 e. The highest BCUT2D eigenvalue weighted by atomic mass is 15.2. The van der Waals surface area contributed by atoms with Crippen molar-refractivity contribution in [1.29, 1.82) is 0 Å². The van der Waals surface area contributed by atoms with Gasteiger partial charge in [-0.2, -0.15) is 0 Å². The Kier molecular flexibility index (Phi) is 2.55. The molecule has 21 heavy (non-hydrogen) atoms. The van der Waals surface area contributed by atoms with Crippen LogP contribution in [0.15, 0.2) is 24.5 Å². The van der Waals surface area contributed by atoms with E-state index in [-0.39, 0.29) is 0 Å². The van der Waals surface area contributed by atoms with E-state index in [1.54, 1.807) is 6.33 Å². The minimum atomic E-state index is 0.927. The van der Waals surface area contributed by atoms with Crippen LogP contribution in [-0.2, 0) is 6.42 Å². The molecule has 3 aromatic rings. The molecule has 4 rings (SSSR count). The van der Waals surface area contributed by atoms with Crippen molar-refractivity contribution in [3.8, 4) is 0 Å². The molecular weight excluding hydrogens is 260 g/mol. The maximum Gasteiger partial charge on any atom is 0.146 e. The molecule has 1 aromatic carbocycles. The summed E-state index contributed by atoms with van der Waals surface area (Å²) in [7, 11) is 0. The summed E-state index contributed by atoms with van der Waals surface area (Å²) in [6, 6.07) is 6.67. The number of nitrogens with zero attached hydrogens (tertiary/aromatic N) is 3. The van der Waals surface area contributed by atoms with Crippen LogP contribution in [0.3, 0.4) is 0 Å². The molecule has 0 saturated carbocycles. The Bertz CT molecular complexity index is 847. The highest BCUT2D eigenvalue weighted by Gasteiger charge is 2.24. The first kappa shape index (κ1) is 12.4. The third kappa shape index (κ3) is 1.75. The van der Waals surface area contributed by atoms with E-state index in [9.17, 15) is 0 Å². The van der Waals surface area contributed by atoms with Gasteiger partial charge >= 0.3 is 0 Å². The van der Waals surface area contributed by atoms with Crippen LogP contribution in [-0.4, -0.2) is 21.5 Å². The predicted molar refractivity (Wildman–Crippen MR) is 85.3 cm³/mol. The molecule has 3 heterocycles. The van der Waals surface area contributed by atoms with E-state index in [1.165, 1.54) is 22.4 Å². The van der Waals surface area contributed by atoms with Crippen molar-refractivity contribution in [2.24, 2.45) is 0 Å². The van der Waals surface area contributed by atoms with Crippen LogP contribution in [0.2, 0.25) is 0 Å². The molecule has 4 heteroatoms. The van der Waals surface area contributed by atoms with Gasteiger partial charge in [0.05, 0.1) is 5.39 Å². The highest BCUT2D eigenvalue weighted by molar-refractivity contribution is 5.94. The molecule has 0 fully saturated rings. The monoisotopic (exact) mass is 278 g/mol. The number of H-pyrrole nitrogens is 1. The number of benzene rings is 1. The van der Waals surface area contributed by atoms with Gasteiger partial charge < -0.3 is 9.88 Å². The summed E-state index contributed by atoms with van der Waals surface area (Å²) in [6.45, 7) is 7.34. The van der Waals surface area contributed by atoms with Crippen LogP contribution in [0.4, 0.5) is 11.5 Å². The van der Waals surface area contributed by atoms with Gasteiger partial charge in [-0.25, -0.2) is 9.97 Å². The standard InChI is InChI=1S/C17H18N4/c1-10-4-5-13-6-7-21(14(13)8-10)17-15-11(2)12(3)20-16(15)18-9-19-17/h4-5,8-9H,6-7H2,1-3H3,(H,18,19,20). The first-order valence-corrected chi connectivity index (χ1v) is 7.32.